The molecule has 176 valence electrons. The minimum atomic E-state index is -3.61. The number of rotatable bonds is 6. The van der Waals surface area contributed by atoms with Crippen LogP contribution in [-0.4, -0.2) is 46.3 Å². The third-order valence-corrected chi connectivity index (χ3v) is 8.65. The Morgan fingerprint density at radius 3 is 2.68 bits per heavy atom. The molecule has 8 nitrogen and oxygen atoms in total. The van der Waals surface area contributed by atoms with Gasteiger partial charge >= 0.3 is 0 Å². The number of hydrogen-bond donors (Lipinski definition) is 1. The summed E-state index contributed by atoms with van der Waals surface area (Å²) >= 11 is 1.47. The quantitative estimate of drug-likeness (QED) is 0.431. The van der Waals surface area contributed by atoms with E-state index < -0.39 is 10.0 Å². The second kappa shape index (κ2) is 9.28. The molecule has 4 aromatic rings. The summed E-state index contributed by atoms with van der Waals surface area (Å²) < 4.78 is 29.8. The van der Waals surface area contributed by atoms with E-state index in [1.165, 1.54) is 11.3 Å². The number of para-hydroxylation sites is 2. The smallest absolute Gasteiger partial charge is 0.244 e. The fourth-order valence-corrected chi connectivity index (χ4v) is 6.60. The van der Waals surface area contributed by atoms with Gasteiger partial charge in [0.15, 0.2) is 5.82 Å². The van der Waals surface area contributed by atoms with E-state index in [2.05, 4.69) is 15.3 Å². The van der Waals surface area contributed by atoms with Crippen molar-refractivity contribution >= 4 is 44.0 Å². The lowest BCUT2D eigenvalue weighted by atomic mass is 10.2. The van der Waals surface area contributed by atoms with E-state index in [9.17, 15) is 13.2 Å². The summed E-state index contributed by atoms with van der Waals surface area (Å²) in [4.78, 5) is 22.3. The average Bonchev–Trinajstić information content (AvgIpc) is 3.49. The zero-order valence-corrected chi connectivity index (χ0v) is 20.4. The number of aryl methyl sites for hydroxylation is 1. The molecule has 0 saturated carbocycles. The first kappa shape index (κ1) is 22.7. The Kier molecular flexibility index (Phi) is 6.20. The number of amides is 1. The first-order chi connectivity index (χ1) is 16.4. The molecule has 1 fully saturated rings. The monoisotopic (exact) mass is 495 g/mol. The summed E-state index contributed by atoms with van der Waals surface area (Å²) in [5.41, 5.74) is 5.16. The highest BCUT2D eigenvalue weighted by Crippen LogP contribution is 2.27. The molecule has 10 heteroatoms. The third-order valence-electron chi connectivity index (χ3n) is 6.02. The van der Waals surface area contributed by atoms with Gasteiger partial charge in [0.25, 0.3) is 0 Å². The number of thiazole rings is 1. The Morgan fingerprint density at radius 2 is 1.91 bits per heavy atom. The molecule has 34 heavy (non-hydrogen) atoms. The molecular weight excluding hydrogens is 470 g/mol. The molecule has 0 bridgehead atoms. The molecule has 0 unspecified atom stereocenters. The summed E-state index contributed by atoms with van der Waals surface area (Å²) in [6, 6.07) is 12.7. The molecule has 0 aliphatic carbocycles. The Hall–Kier alpha value is -3.08. The maximum Gasteiger partial charge on any atom is 0.244 e. The number of benzene rings is 2. The maximum atomic E-state index is 13.2. The number of carbonyl (C=O) groups excluding carboxylic acids is 1. The van der Waals surface area contributed by atoms with E-state index in [0.29, 0.717) is 35.9 Å². The van der Waals surface area contributed by atoms with Crippen LogP contribution >= 0.6 is 11.3 Å². The number of sulfonamides is 1. The second-order valence-electron chi connectivity index (χ2n) is 8.38. The van der Waals surface area contributed by atoms with Crippen LogP contribution in [0.25, 0.3) is 22.6 Å². The normalized spacial score (nSPS) is 15.0. The van der Waals surface area contributed by atoms with Crippen LogP contribution in [0.15, 0.2) is 58.3 Å². The zero-order chi connectivity index (χ0) is 23.7. The molecule has 2 aromatic carbocycles. The van der Waals surface area contributed by atoms with Crippen molar-refractivity contribution in [3.05, 3.63) is 58.9 Å². The van der Waals surface area contributed by atoms with Crippen LogP contribution in [0.1, 0.15) is 24.8 Å². The Balaban J connectivity index is 1.42. The number of aromatic nitrogens is 3. The van der Waals surface area contributed by atoms with Gasteiger partial charge in [-0.25, -0.2) is 18.4 Å². The molecule has 1 N–H and O–H groups in total. The lowest BCUT2D eigenvalue weighted by Gasteiger charge is -2.26. The fourth-order valence-electron chi connectivity index (χ4n) is 4.30. The summed E-state index contributed by atoms with van der Waals surface area (Å²) in [7, 11) is -3.61. The second-order valence-corrected chi connectivity index (χ2v) is 11.0. The first-order valence-electron chi connectivity index (χ1n) is 11.2. The van der Waals surface area contributed by atoms with Crippen LogP contribution in [0.4, 0.5) is 5.69 Å². The van der Waals surface area contributed by atoms with E-state index in [1.54, 1.807) is 34.9 Å². The van der Waals surface area contributed by atoms with Crippen molar-refractivity contribution < 1.29 is 13.2 Å². The number of fused-ring (bicyclic) bond motifs is 1. The van der Waals surface area contributed by atoms with Crippen molar-refractivity contribution in [1.82, 2.24) is 18.8 Å². The van der Waals surface area contributed by atoms with E-state index in [-0.39, 0.29) is 17.3 Å². The van der Waals surface area contributed by atoms with Crippen molar-refractivity contribution in [3.8, 4) is 11.5 Å². The number of nitrogens with one attached hydrogen (secondary N) is 1. The van der Waals surface area contributed by atoms with Gasteiger partial charge in [0.2, 0.25) is 15.9 Å². The van der Waals surface area contributed by atoms with Crippen LogP contribution < -0.4 is 5.32 Å². The van der Waals surface area contributed by atoms with E-state index in [0.717, 1.165) is 30.3 Å². The number of nitrogens with zero attached hydrogens (tertiary/aromatic N) is 4. The average molecular weight is 496 g/mol. The van der Waals surface area contributed by atoms with Crippen molar-refractivity contribution in [1.29, 1.82) is 0 Å². The maximum absolute atomic E-state index is 13.2. The Bertz CT molecular complexity index is 1440. The summed E-state index contributed by atoms with van der Waals surface area (Å²) in [6.45, 7) is 2.87. The van der Waals surface area contributed by atoms with Gasteiger partial charge in [0.05, 0.1) is 21.4 Å². The van der Waals surface area contributed by atoms with Crippen molar-refractivity contribution in [2.75, 3.05) is 18.4 Å². The van der Waals surface area contributed by atoms with Crippen LogP contribution in [0.5, 0.6) is 0 Å². The topological polar surface area (TPSA) is 97.2 Å². The highest BCUT2D eigenvalue weighted by atomic mass is 32.2. The highest BCUT2D eigenvalue weighted by molar-refractivity contribution is 7.89. The summed E-state index contributed by atoms with van der Waals surface area (Å²) in [6.07, 6.45) is 2.79. The lowest BCUT2D eigenvalue weighted by Crippen LogP contribution is -2.36. The van der Waals surface area contributed by atoms with Crippen molar-refractivity contribution in [3.63, 3.8) is 0 Å². The summed E-state index contributed by atoms with van der Waals surface area (Å²) in [5.74, 6) is 0.347. The Labute approximate surface area is 202 Å². The van der Waals surface area contributed by atoms with Gasteiger partial charge in [-0.3, -0.25) is 4.79 Å². The van der Waals surface area contributed by atoms with E-state index in [4.69, 9.17) is 0 Å². The minimum Gasteiger partial charge on any atom is -0.324 e. The van der Waals surface area contributed by atoms with E-state index >= 15 is 0 Å². The molecule has 0 spiro atoms. The molecule has 3 heterocycles. The SMILES string of the molecule is Cc1ccc(NC(=O)Cn2c(-c3cscn3)nc3ccccc32)cc1S(=O)(=O)N1CCCCC1. The largest absolute Gasteiger partial charge is 0.324 e. The predicted molar refractivity (Wildman–Crippen MR) is 133 cm³/mol. The van der Waals surface area contributed by atoms with Gasteiger partial charge in [-0.15, -0.1) is 11.3 Å². The number of carbonyl (C=O) groups is 1. The molecule has 5 rings (SSSR count). The van der Waals surface area contributed by atoms with Gasteiger partial charge < -0.3 is 9.88 Å². The van der Waals surface area contributed by atoms with Gasteiger partial charge in [-0.05, 0) is 49.6 Å². The number of hydrogen-bond acceptors (Lipinski definition) is 6. The van der Waals surface area contributed by atoms with Gasteiger partial charge in [0.1, 0.15) is 12.2 Å². The lowest BCUT2D eigenvalue weighted by molar-refractivity contribution is -0.116. The van der Waals surface area contributed by atoms with E-state index in [1.807, 2.05) is 34.2 Å². The highest BCUT2D eigenvalue weighted by Gasteiger charge is 2.27. The van der Waals surface area contributed by atoms with Crippen LogP contribution in [0, 0.1) is 6.92 Å². The molecule has 1 saturated heterocycles. The fraction of sp³-hybridized carbons (Fsp3) is 0.292. The molecule has 1 aliphatic heterocycles. The molecular formula is C24H25N5O3S2. The minimum absolute atomic E-state index is 0.0233. The van der Waals surface area contributed by atoms with Crippen LogP contribution in [0.3, 0.4) is 0 Å². The zero-order valence-electron chi connectivity index (χ0n) is 18.8. The van der Waals surface area contributed by atoms with Gasteiger partial charge in [-0.2, -0.15) is 4.31 Å². The van der Waals surface area contributed by atoms with Crippen LogP contribution in [-0.2, 0) is 21.4 Å². The summed E-state index contributed by atoms with van der Waals surface area (Å²) in [5, 5.41) is 4.77. The standard InChI is InChI=1S/C24H25N5O3S2/c1-17-9-10-18(13-22(17)34(31,32)28-11-5-2-6-12-28)26-23(30)14-29-21-8-4-3-7-19(21)27-24(29)20-15-33-16-25-20/h3-4,7-10,13,15-16H,2,5-6,11-12,14H2,1H3,(H,26,30). The Morgan fingerprint density at radius 1 is 1.12 bits per heavy atom. The third kappa shape index (κ3) is 4.36. The van der Waals surface area contributed by atoms with Crippen molar-refractivity contribution in [2.45, 2.75) is 37.6 Å². The number of anilines is 1. The molecule has 0 atom stereocenters. The molecule has 1 aliphatic rings. The predicted octanol–water partition coefficient (Wildman–Crippen LogP) is 4.28. The van der Waals surface area contributed by atoms with Gasteiger partial charge in [0, 0.05) is 24.2 Å². The number of piperidine rings is 1. The molecule has 0 radical (unpaired) electrons. The molecule has 2 aromatic heterocycles. The number of imidazole rings is 1. The first-order valence-corrected chi connectivity index (χ1v) is 13.6. The van der Waals surface area contributed by atoms with Crippen molar-refractivity contribution in [2.24, 2.45) is 0 Å². The van der Waals surface area contributed by atoms with Gasteiger partial charge in [-0.1, -0.05) is 24.6 Å². The molecule has 1 amide bonds. The van der Waals surface area contributed by atoms with Crippen LogP contribution in [0.2, 0.25) is 0 Å².